The Morgan fingerprint density at radius 1 is 1.23 bits per heavy atom. The van der Waals surface area contributed by atoms with E-state index in [9.17, 15) is 13.2 Å². The highest BCUT2D eigenvalue weighted by Crippen LogP contribution is 2.07. The molecular weight excluding hydrogens is 190 g/mol. The zero-order valence-electron chi connectivity index (χ0n) is 8.25. The SMILES string of the molecule is C[C](C)CCCC(=O)NS(C)(=O)=O. The molecule has 0 aromatic heterocycles. The highest BCUT2D eigenvalue weighted by molar-refractivity contribution is 7.89. The van der Waals surface area contributed by atoms with Crippen molar-refractivity contribution in [1.82, 2.24) is 4.72 Å². The van der Waals surface area contributed by atoms with E-state index in [-0.39, 0.29) is 6.42 Å². The van der Waals surface area contributed by atoms with E-state index < -0.39 is 15.9 Å². The Bertz CT molecular complexity index is 257. The van der Waals surface area contributed by atoms with Crippen LogP contribution in [0.25, 0.3) is 0 Å². The first-order valence-corrected chi connectivity index (χ1v) is 6.00. The van der Waals surface area contributed by atoms with Crippen LogP contribution in [0.2, 0.25) is 0 Å². The zero-order chi connectivity index (χ0) is 10.5. The summed E-state index contributed by atoms with van der Waals surface area (Å²) >= 11 is 0. The Morgan fingerprint density at radius 2 is 1.77 bits per heavy atom. The van der Waals surface area contributed by atoms with E-state index in [0.717, 1.165) is 12.7 Å². The van der Waals surface area contributed by atoms with Gasteiger partial charge in [0, 0.05) is 6.42 Å². The summed E-state index contributed by atoms with van der Waals surface area (Å²) in [5.41, 5.74) is 0. The molecule has 0 unspecified atom stereocenters. The van der Waals surface area contributed by atoms with Crippen molar-refractivity contribution in [3.63, 3.8) is 0 Å². The lowest BCUT2D eigenvalue weighted by molar-refractivity contribution is -0.119. The molecule has 1 amide bonds. The van der Waals surface area contributed by atoms with E-state index in [1.54, 1.807) is 0 Å². The second kappa shape index (κ2) is 5.21. The number of amides is 1. The summed E-state index contributed by atoms with van der Waals surface area (Å²) in [5.74, 6) is 0.816. The molecule has 0 aliphatic heterocycles. The molecule has 0 aliphatic carbocycles. The number of carbonyl (C=O) groups excluding carboxylic acids is 1. The maximum absolute atomic E-state index is 10.9. The molecule has 4 nitrogen and oxygen atoms in total. The van der Waals surface area contributed by atoms with E-state index in [1.165, 1.54) is 5.92 Å². The van der Waals surface area contributed by atoms with Gasteiger partial charge in [-0.3, -0.25) is 9.52 Å². The third-order valence-electron chi connectivity index (χ3n) is 1.38. The lowest BCUT2D eigenvalue weighted by atomic mass is 10.1. The number of rotatable bonds is 5. The topological polar surface area (TPSA) is 63.2 Å². The van der Waals surface area contributed by atoms with Crippen LogP contribution in [0.4, 0.5) is 0 Å². The fraction of sp³-hybridized carbons (Fsp3) is 0.750. The summed E-state index contributed by atoms with van der Waals surface area (Å²) in [4.78, 5) is 10.9. The van der Waals surface area contributed by atoms with Crippen LogP contribution in [0.1, 0.15) is 33.1 Å². The lowest BCUT2D eigenvalue weighted by Gasteiger charge is -2.03. The summed E-state index contributed by atoms with van der Waals surface area (Å²) in [6.07, 6.45) is 2.79. The average molecular weight is 206 g/mol. The fourth-order valence-electron chi connectivity index (χ4n) is 0.860. The van der Waals surface area contributed by atoms with E-state index in [1.807, 2.05) is 18.6 Å². The molecule has 0 aromatic rings. The minimum atomic E-state index is -3.38. The Morgan fingerprint density at radius 3 is 2.15 bits per heavy atom. The molecule has 0 saturated carbocycles. The van der Waals surface area contributed by atoms with Crippen LogP contribution in [0, 0.1) is 5.92 Å². The van der Waals surface area contributed by atoms with Crippen molar-refractivity contribution in [3.8, 4) is 0 Å². The second-order valence-electron chi connectivity index (χ2n) is 3.36. The Balaban J connectivity index is 3.65. The molecule has 0 aromatic carbocycles. The van der Waals surface area contributed by atoms with Gasteiger partial charge in [-0.2, -0.15) is 0 Å². The van der Waals surface area contributed by atoms with Crippen LogP contribution in [0.3, 0.4) is 0 Å². The van der Waals surface area contributed by atoms with Crippen molar-refractivity contribution >= 4 is 15.9 Å². The highest BCUT2D eigenvalue weighted by Gasteiger charge is 2.07. The molecule has 0 bridgehead atoms. The lowest BCUT2D eigenvalue weighted by Crippen LogP contribution is -2.28. The summed E-state index contributed by atoms with van der Waals surface area (Å²) in [7, 11) is -3.38. The first-order valence-electron chi connectivity index (χ1n) is 4.11. The van der Waals surface area contributed by atoms with Gasteiger partial charge in [-0.05, 0) is 18.8 Å². The Kier molecular flexibility index (Phi) is 4.98. The third-order valence-corrected chi connectivity index (χ3v) is 1.98. The van der Waals surface area contributed by atoms with Crippen molar-refractivity contribution in [2.45, 2.75) is 33.1 Å². The predicted octanol–water partition coefficient (Wildman–Crippen LogP) is 0.847. The van der Waals surface area contributed by atoms with Gasteiger partial charge in [0.05, 0.1) is 6.26 Å². The number of hydrogen-bond acceptors (Lipinski definition) is 3. The van der Waals surface area contributed by atoms with Crippen LogP contribution >= 0.6 is 0 Å². The molecule has 1 N–H and O–H groups in total. The van der Waals surface area contributed by atoms with Gasteiger partial charge in [-0.15, -0.1) is 0 Å². The molecule has 0 spiro atoms. The second-order valence-corrected chi connectivity index (χ2v) is 5.11. The summed E-state index contributed by atoms with van der Waals surface area (Å²) in [6.45, 7) is 3.96. The smallest absolute Gasteiger partial charge is 0.233 e. The number of carbonyl (C=O) groups is 1. The van der Waals surface area contributed by atoms with Gasteiger partial charge >= 0.3 is 0 Å². The van der Waals surface area contributed by atoms with E-state index in [4.69, 9.17) is 0 Å². The number of hydrogen-bond donors (Lipinski definition) is 1. The van der Waals surface area contributed by atoms with Crippen molar-refractivity contribution in [3.05, 3.63) is 5.92 Å². The van der Waals surface area contributed by atoms with Gasteiger partial charge in [0.25, 0.3) is 0 Å². The predicted molar refractivity (Wildman–Crippen MR) is 51.4 cm³/mol. The van der Waals surface area contributed by atoms with Gasteiger partial charge in [0.1, 0.15) is 0 Å². The molecule has 0 aliphatic rings. The fourth-order valence-corrected chi connectivity index (χ4v) is 1.38. The molecule has 77 valence electrons. The summed E-state index contributed by atoms with van der Waals surface area (Å²) < 4.78 is 23.1. The normalized spacial score (nSPS) is 11.7. The van der Waals surface area contributed by atoms with Gasteiger partial charge in [0.15, 0.2) is 0 Å². The average Bonchev–Trinajstić information content (AvgIpc) is 1.81. The zero-order valence-corrected chi connectivity index (χ0v) is 9.07. The number of nitrogens with one attached hydrogen (secondary N) is 1. The van der Waals surface area contributed by atoms with Gasteiger partial charge in [-0.1, -0.05) is 13.8 Å². The van der Waals surface area contributed by atoms with Gasteiger partial charge in [0.2, 0.25) is 15.9 Å². The van der Waals surface area contributed by atoms with Crippen LogP contribution in [0.15, 0.2) is 0 Å². The molecular formula is C8H16NO3S. The molecule has 5 heteroatoms. The molecule has 0 heterocycles. The molecule has 0 rings (SSSR count). The third kappa shape index (κ3) is 9.33. The minimum Gasteiger partial charge on any atom is -0.274 e. The van der Waals surface area contributed by atoms with Crippen LogP contribution in [-0.2, 0) is 14.8 Å². The molecule has 1 radical (unpaired) electrons. The summed E-state index contributed by atoms with van der Waals surface area (Å²) in [6, 6.07) is 0. The molecule has 0 atom stereocenters. The first-order chi connectivity index (χ1) is 5.81. The van der Waals surface area contributed by atoms with Crippen LogP contribution in [0.5, 0.6) is 0 Å². The van der Waals surface area contributed by atoms with Gasteiger partial charge < -0.3 is 0 Å². The quantitative estimate of drug-likeness (QED) is 0.725. The minimum absolute atomic E-state index is 0.262. The van der Waals surface area contributed by atoms with Crippen molar-refractivity contribution in [2.75, 3.05) is 6.26 Å². The largest absolute Gasteiger partial charge is 0.274 e. The Labute approximate surface area is 79.8 Å². The maximum Gasteiger partial charge on any atom is 0.233 e. The van der Waals surface area contributed by atoms with E-state index in [0.29, 0.717) is 6.42 Å². The highest BCUT2D eigenvalue weighted by atomic mass is 32.2. The number of sulfonamides is 1. The first kappa shape index (κ1) is 12.4. The molecule has 13 heavy (non-hydrogen) atoms. The summed E-state index contributed by atoms with van der Waals surface area (Å²) in [5, 5.41) is 0. The van der Waals surface area contributed by atoms with Crippen molar-refractivity contribution < 1.29 is 13.2 Å². The van der Waals surface area contributed by atoms with Crippen LogP contribution in [-0.4, -0.2) is 20.6 Å². The monoisotopic (exact) mass is 206 g/mol. The van der Waals surface area contributed by atoms with Gasteiger partial charge in [-0.25, -0.2) is 8.42 Å². The van der Waals surface area contributed by atoms with Crippen LogP contribution < -0.4 is 4.72 Å². The van der Waals surface area contributed by atoms with E-state index >= 15 is 0 Å². The molecule has 0 saturated heterocycles. The van der Waals surface area contributed by atoms with E-state index in [2.05, 4.69) is 0 Å². The van der Waals surface area contributed by atoms with Crippen molar-refractivity contribution in [2.24, 2.45) is 0 Å². The maximum atomic E-state index is 10.9. The molecule has 0 fully saturated rings. The Hall–Kier alpha value is -0.580. The standard InChI is InChI=1S/C8H16NO3S/c1-7(2)5-4-6-8(10)9-13(3,11)12/h4-6H2,1-3H3,(H,9,10). The van der Waals surface area contributed by atoms with Crippen molar-refractivity contribution in [1.29, 1.82) is 0 Å².